The first-order valence-corrected chi connectivity index (χ1v) is 8.88. The third kappa shape index (κ3) is 7.92. The van der Waals surface area contributed by atoms with Crippen LogP contribution < -0.4 is 10.6 Å². The van der Waals surface area contributed by atoms with Crippen molar-refractivity contribution in [3.8, 4) is 0 Å². The predicted octanol–water partition coefficient (Wildman–Crippen LogP) is 3.94. The number of carbonyl (C=O) groups excluding carboxylic acids is 3. The minimum absolute atomic E-state index is 0.0613. The van der Waals surface area contributed by atoms with E-state index in [2.05, 4.69) is 10.6 Å². The number of esters is 1. The zero-order valence-corrected chi connectivity index (χ0v) is 15.7. The van der Waals surface area contributed by atoms with E-state index in [9.17, 15) is 14.4 Å². The van der Waals surface area contributed by atoms with Crippen molar-refractivity contribution in [2.75, 3.05) is 17.2 Å². The molecule has 0 spiro atoms. The molecule has 0 heterocycles. The Balaban J connectivity index is 1.62. The van der Waals surface area contributed by atoms with Gasteiger partial charge >= 0.3 is 5.97 Å². The lowest BCUT2D eigenvalue weighted by Gasteiger charge is -2.07. The molecule has 0 aliphatic carbocycles. The Morgan fingerprint density at radius 3 is 2.33 bits per heavy atom. The minimum Gasteiger partial charge on any atom is -0.456 e. The fourth-order valence-electron chi connectivity index (χ4n) is 2.29. The Bertz CT molecular complexity index is 806. The molecule has 0 bridgehead atoms. The molecule has 0 aromatic heterocycles. The fourth-order valence-corrected chi connectivity index (χ4v) is 2.41. The van der Waals surface area contributed by atoms with E-state index in [1.807, 2.05) is 25.1 Å². The summed E-state index contributed by atoms with van der Waals surface area (Å²) in [6.45, 7) is 1.56. The number of ether oxygens (including phenoxy) is 1. The van der Waals surface area contributed by atoms with E-state index >= 15 is 0 Å². The normalized spacial score (nSPS) is 10.1. The second-order valence-electron chi connectivity index (χ2n) is 5.99. The topological polar surface area (TPSA) is 84.5 Å². The largest absolute Gasteiger partial charge is 0.456 e. The molecule has 0 unspecified atom stereocenters. The van der Waals surface area contributed by atoms with Crippen molar-refractivity contribution in [2.24, 2.45) is 0 Å². The van der Waals surface area contributed by atoms with Crippen LogP contribution in [0.5, 0.6) is 0 Å². The molecule has 2 rings (SSSR count). The fraction of sp³-hybridized carbons (Fsp3) is 0.250. The SMILES string of the molecule is Cc1cccc(NC(=O)COC(=O)CCCC(=O)Nc2ccc(Cl)cc2)c1. The van der Waals surface area contributed by atoms with Gasteiger partial charge in [0.05, 0.1) is 0 Å². The van der Waals surface area contributed by atoms with Crippen molar-refractivity contribution < 1.29 is 19.1 Å². The summed E-state index contributed by atoms with van der Waals surface area (Å²) >= 11 is 5.78. The second kappa shape index (κ2) is 10.3. The molecule has 0 saturated carbocycles. The highest BCUT2D eigenvalue weighted by atomic mass is 35.5. The maximum atomic E-state index is 11.8. The highest BCUT2D eigenvalue weighted by molar-refractivity contribution is 6.30. The van der Waals surface area contributed by atoms with Crippen LogP contribution in [0.4, 0.5) is 11.4 Å². The van der Waals surface area contributed by atoms with Gasteiger partial charge in [-0.15, -0.1) is 0 Å². The van der Waals surface area contributed by atoms with Crippen LogP contribution in [0.1, 0.15) is 24.8 Å². The monoisotopic (exact) mass is 388 g/mol. The van der Waals surface area contributed by atoms with E-state index in [1.165, 1.54) is 0 Å². The molecule has 142 valence electrons. The van der Waals surface area contributed by atoms with Crippen LogP contribution in [-0.2, 0) is 19.1 Å². The van der Waals surface area contributed by atoms with Crippen molar-refractivity contribution in [3.05, 3.63) is 59.1 Å². The summed E-state index contributed by atoms with van der Waals surface area (Å²) in [5.41, 5.74) is 2.30. The van der Waals surface area contributed by atoms with Crippen LogP contribution in [0.2, 0.25) is 5.02 Å². The molecule has 0 fully saturated rings. The summed E-state index contributed by atoms with van der Waals surface area (Å²) in [7, 11) is 0. The summed E-state index contributed by atoms with van der Waals surface area (Å²) < 4.78 is 4.92. The molecule has 2 aromatic rings. The minimum atomic E-state index is -0.520. The van der Waals surface area contributed by atoms with Gasteiger partial charge < -0.3 is 15.4 Å². The Kier molecular flexibility index (Phi) is 7.82. The van der Waals surface area contributed by atoms with Crippen LogP contribution in [0.3, 0.4) is 0 Å². The third-order valence-corrected chi connectivity index (χ3v) is 3.83. The Morgan fingerprint density at radius 2 is 1.63 bits per heavy atom. The molecule has 0 aliphatic rings. The van der Waals surface area contributed by atoms with Crippen LogP contribution >= 0.6 is 11.6 Å². The Labute approximate surface area is 162 Å². The van der Waals surface area contributed by atoms with Gasteiger partial charge in [0.15, 0.2) is 6.61 Å². The number of hydrogen-bond donors (Lipinski definition) is 2. The zero-order valence-electron chi connectivity index (χ0n) is 15.0. The molecule has 2 aromatic carbocycles. The second-order valence-corrected chi connectivity index (χ2v) is 6.42. The lowest BCUT2D eigenvalue weighted by atomic mass is 10.2. The third-order valence-electron chi connectivity index (χ3n) is 3.58. The van der Waals surface area contributed by atoms with Gasteiger partial charge in [-0.1, -0.05) is 23.7 Å². The average molecular weight is 389 g/mol. The predicted molar refractivity (Wildman–Crippen MR) is 105 cm³/mol. The lowest BCUT2D eigenvalue weighted by Crippen LogP contribution is -2.21. The van der Waals surface area contributed by atoms with Gasteiger partial charge in [0, 0.05) is 29.2 Å². The van der Waals surface area contributed by atoms with Gasteiger partial charge in [-0.3, -0.25) is 14.4 Å². The van der Waals surface area contributed by atoms with Crippen LogP contribution in [0.25, 0.3) is 0 Å². The molecular weight excluding hydrogens is 368 g/mol. The smallest absolute Gasteiger partial charge is 0.306 e. The van der Waals surface area contributed by atoms with Crippen molar-refractivity contribution in [1.29, 1.82) is 0 Å². The lowest BCUT2D eigenvalue weighted by molar-refractivity contribution is -0.147. The number of hydrogen-bond acceptors (Lipinski definition) is 4. The van der Waals surface area contributed by atoms with E-state index in [0.717, 1.165) is 5.56 Å². The van der Waals surface area contributed by atoms with E-state index in [4.69, 9.17) is 16.3 Å². The van der Waals surface area contributed by atoms with E-state index in [0.29, 0.717) is 22.8 Å². The molecule has 0 aliphatic heterocycles. The summed E-state index contributed by atoms with van der Waals surface area (Å²) in [6, 6.07) is 14.1. The molecule has 6 nitrogen and oxygen atoms in total. The highest BCUT2D eigenvalue weighted by Gasteiger charge is 2.10. The average Bonchev–Trinajstić information content (AvgIpc) is 2.62. The standard InChI is InChI=1S/C20H21ClN2O4/c1-14-4-2-5-17(12-14)23-19(25)13-27-20(26)7-3-6-18(24)22-16-10-8-15(21)9-11-16/h2,4-5,8-12H,3,6-7,13H2,1H3,(H,22,24)(H,23,25). The summed E-state index contributed by atoms with van der Waals surface area (Å²) in [6.07, 6.45) is 0.566. The molecule has 0 radical (unpaired) electrons. The number of aryl methyl sites for hydroxylation is 1. The molecule has 2 amide bonds. The molecular formula is C20H21ClN2O4. The number of nitrogens with one attached hydrogen (secondary N) is 2. The number of halogens is 1. The number of rotatable bonds is 8. The first-order chi connectivity index (χ1) is 12.9. The first kappa shape index (κ1) is 20.5. The van der Waals surface area contributed by atoms with Gasteiger partial charge in [0.1, 0.15) is 0 Å². The van der Waals surface area contributed by atoms with Crippen LogP contribution in [0.15, 0.2) is 48.5 Å². The summed E-state index contributed by atoms with van der Waals surface area (Å²) in [5, 5.41) is 5.95. The molecule has 27 heavy (non-hydrogen) atoms. The van der Waals surface area contributed by atoms with Crippen molar-refractivity contribution in [2.45, 2.75) is 26.2 Å². The van der Waals surface area contributed by atoms with E-state index in [-0.39, 0.29) is 25.4 Å². The zero-order chi connectivity index (χ0) is 19.6. The van der Waals surface area contributed by atoms with Crippen LogP contribution in [0, 0.1) is 6.92 Å². The Hall–Kier alpha value is -2.86. The molecule has 0 saturated heterocycles. The molecule has 0 atom stereocenters. The number of anilines is 2. The van der Waals surface area contributed by atoms with E-state index < -0.39 is 11.9 Å². The van der Waals surface area contributed by atoms with Crippen molar-refractivity contribution >= 4 is 40.8 Å². The van der Waals surface area contributed by atoms with E-state index in [1.54, 1.807) is 30.3 Å². The van der Waals surface area contributed by atoms with Gasteiger partial charge in [-0.25, -0.2) is 0 Å². The van der Waals surface area contributed by atoms with Gasteiger partial charge in [-0.05, 0) is 55.3 Å². The number of benzene rings is 2. The van der Waals surface area contributed by atoms with Gasteiger partial charge in [0.2, 0.25) is 5.91 Å². The summed E-state index contributed by atoms with van der Waals surface area (Å²) in [4.78, 5) is 35.3. The summed E-state index contributed by atoms with van der Waals surface area (Å²) in [5.74, 6) is -1.13. The number of carbonyl (C=O) groups is 3. The maximum Gasteiger partial charge on any atom is 0.306 e. The van der Waals surface area contributed by atoms with Gasteiger partial charge in [0.25, 0.3) is 5.91 Å². The number of amides is 2. The van der Waals surface area contributed by atoms with Gasteiger partial charge in [-0.2, -0.15) is 0 Å². The molecule has 7 heteroatoms. The quantitative estimate of drug-likeness (QED) is 0.671. The maximum absolute atomic E-state index is 11.8. The Morgan fingerprint density at radius 1 is 0.926 bits per heavy atom. The van der Waals surface area contributed by atoms with Crippen molar-refractivity contribution in [1.82, 2.24) is 0 Å². The first-order valence-electron chi connectivity index (χ1n) is 8.50. The van der Waals surface area contributed by atoms with Crippen LogP contribution in [-0.4, -0.2) is 24.4 Å². The highest BCUT2D eigenvalue weighted by Crippen LogP contribution is 2.14. The molecule has 2 N–H and O–H groups in total. The van der Waals surface area contributed by atoms with Crippen molar-refractivity contribution in [3.63, 3.8) is 0 Å².